The molecule has 2 heterocycles. The third kappa shape index (κ3) is 5.52. The quantitative estimate of drug-likeness (QED) is 0.868. The maximum absolute atomic E-state index is 13.3. The molecule has 2 fully saturated rings. The van der Waals surface area contributed by atoms with Gasteiger partial charge in [0, 0.05) is 12.2 Å². The Bertz CT molecular complexity index is 578. The molecule has 2 aliphatic rings. The molecule has 0 aromatic heterocycles. The van der Waals surface area contributed by atoms with Gasteiger partial charge in [-0.3, -0.25) is 9.69 Å². The van der Waals surface area contributed by atoms with E-state index in [1.807, 2.05) is 6.92 Å². The zero-order chi connectivity index (χ0) is 18.4. The van der Waals surface area contributed by atoms with Crippen molar-refractivity contribution < 1.29 is 9.18 Å². The summed E-state index contributed by atoms with van der Waals surface area (Å²) >= 11 is 0. The highest BCUT2D eigenvalue weighted by Crippen LogP contribution is 2.22. The monoisotopic (exact) mass is 361 g/mol. The second kappa shape index (κ2) is 9.47. The molecular formula is C21H32FN3O. The van der Waals surface area contributed by atoms with Gasteiger partial charge in [-0.15, -0.1) is 0 Å². The van der Waals surface area contributed by atoms with Crippen molar-refractivity contribution >= 4 is 11.6 Å². The van der Waals surface area contributed by atoms with Gasteiger partial charge in [-0.25, -0.2) is 4.39 Å². The van der Waals surface area contributed by atoms with Crippen LogP contribution in [-0.2, 0) is 4.79 Å². The van der Waals surface area contributed by atoms with E-state index in [1.165, 1.54) is 57.5 Å². The van der Waals surface area contributed by atoms with E-state index in [1.54, 1.807) is 12.1 Å². The lowest BCUT2D eigenvalue weighted by Gasteiger charge is -2.37. The molecule has 3 rings (SSSR count). The van der Waals surface area contributed by atoms with E-state index in [9.17, 15) is 9.18 Å². The highest BCUT2D eigenvalue weighted by Gasteiger charge is 2.27. The molecule has 1 unspecified atom stereocenters. The lowest BCUT2D eigenvalue weighted by molar-refractivity contribution is -0.121. The van der Waals surface area contributed by atoms with Crippen molar-refractivity contribution in [1.29, 1.82) is 0 Å². The number of hydrogen-bond donors (Lipinski definition) is 1. The summed E-state index contributed by atoms with van der Waals surface area (Å²) in [5.41, 5.74) is 0.526. The third-order valence-electron chi connectivity index (χ3n) is 5.88. The summed E-state index contributed by atoms with van der Waals surface area (Å²) in [6.07, 6.45) is 7.77. The van der Waals surface area contributed by atoms with E-state index in [4.69, 9.17) is 0 Å². The van der Waals surface area contributed by atoms with Crippen LogP contribution in [0.5, 0.6) is 0 Å². The number of nitrogens with zero attached hydrogens (tertiary/aromatic N) is 2. The Balaban J connectivity index is 1.43. The van der Waals surface area contributed by atoms with Crippen LogP contribution in [0.3, 0.4) is 0 Å². The van der Waals surface area contributed by atoms with Crippen LogP contribution in [0.1, 0.15) is 45.4 Å². The van der Waals surface area contributed by atoms with Gasteiger partial charge in [0.1, 0.15) is 5.82 Å². The number of likely N-dealkylation sites (tertiary alicyclic amines) is 2. The van der Waals surface area contributed by atoms with E-state index in [0.29, 0.717) is 5.69 Å². The fourth-order valence-electron chi connectivity index (χ4n) is 4.19. The lowest BCUT2D eigenvalue weighted by Crippen LogP contribution is -2.47. The topological polar surface area (TPSA) is 35.6 Å². The molecule has 1 N–H and O–H groups in total. The molecule has 26 heavy (non-hydrogen) atoms. The molecule has 5 heteroatoms. The van der Waals surface area contributed by atoms with Crippen molar-refractivity contribution in [3.05, 3.63) is 30.1 Å². The maximum Gasteiger partial charge on any atom is 0.241 e. The fourth-order valence-corrected chi connectivity index (χ4v) is 4.19. The Labute approximate surface area is 156 Å². The fraction of sp³-hybridized carbons (Fsp3) is 0.667. The van der Waals surface area contributed by atoms with Gasteiger partial charge in [-0.2, -0.15) is 0 Å². The predicted molar refractivity (Wildman–Crippen MR) is 104 cm³/mol. The minimum Gasteiger partial charge on any atom is -0.325 e. The number of anilines is 1. The Morgan fingerprint density at radius 3 is 2.50 bits per heavy atom. The van der Waals surface area contributed by atoms with Gasteiger partial charge in [0.05, 0.1) is 6.04 Å². The molecular weight excluding hydrogens is 329 g/mol. The van der Waals surface area contributed by atoms with Crippen LogP contribution in [0.2, 0.25) is 0 Å². The first-order valence-corrected chi connectivity index (χ1v) is 10.1. The van der Waals surface area contributed by atoms with Crippen molar-refractivity contribution in [1.82, 2.24) is 9.80 Å². The minimum absolute atomic E-state index is 0.0541. The van der Waals surface area contributed by atoms with Gasteiger partial charge in [-0.1, -0.05) is 18.9 Å². The van der Waals surface area contributed by atoms with Crippen LogP contribution in [0.15, 0.2) is 24.3 Å². The average molecular weight is 362 g/mol. The summed E-state index contributed by atoms with van der Waals surface area (Å²) in [7, 11) is 0. The predicted octanol–water partition coefficient (Wildman–Crippen LogP) is 3.74. The Morgan fingerprint density at radius 2 is 1.85 bits per heavy atom. The van der Waals surface area contributed by atoms with Gasteiger partial charge in [0.15, 0.2) is 0 Å². The highest BCUT2D eigenvalue weighted by molar-refractivity contribution is 5.94. The summed E-state index contributed by atoms with van der Waals surface area (Å²) in [6.45, 7) is 7.62. The second-order valence-corrected chi connectivity index (χ2v) is 7.87. The summed E-state index contributed by atoms with van der Waals surface area (Å²) in [5.74, 6) is 0.370. The first-order valence-electron chi connectivity index (χ1n) is 10.1. The third-order valence-corrected chi connectivity index (χ3v) is 5.88. The van der Waals surface area contributed by atoms with E-state index >= 15 is 0 Å². The molecule has 0 bridgehead atoms. The van der Waals surface area contributed by atoms with Gasteiger partial charge >= 0.3 is 0 Å². The van der Waals surface area contributed by atoms with Gasteiger partial charge in [0.25, 0.3) is 0 Å². The number of rotatable bonds is 5. The number of carbonyl (C=O) groups is 1. The van der Waals surface area contributed by atoms with E-state index in [0.717, 1.165) is 31.8 Å². The molecule has 0 spiro atoms. The summed E-state index contributed by atoms with van der Waals surface area (Å²) in [6, 6.07) is 5.90. The van der Waals surface area contributed by atoms with Crippen molar-refractivity contribution in [3.8, 4) is 0 Å². The van der Waals surface area contributed by atoms with Crippen LogP contribution in [-0.4, -0.2) is 54.5 Å². The minimum atomic E-state index is -0.329. The number of nitrogens with one attached hydrogen (secondary N) is 1. The van der Waals surface area contributed by atoms with Gasteiger partial charge < -0.3 is 10.2 Å². The first kappa shape index (κ1) is 19.3. The summed E-state index contributed by atoms with van der Waals surface area (Å²) in [4.78, 5) is 17.4. The summed E-state index contributed by atoms with van der Waals surface area (Å²) in [5, 5.41) is 2.83. The maximum atomic E-state index is 13.3. The van der Waals surface area contributed by atoms with Crippen LogP contribution >= 0.6 is 0 Å². The molecule has 1 amide bonds. The second-order valence-electron chi connectivity index (χ2n) is 7.87. The SMILES string of the molecule is CC(C(=O)Nc1cccc(F)c1)N1CCC(CN2CCCCCC2)CC1. The molecule has 2 saturated heterocycles. The highest BCUT2D eigenvalue weighted by atomic mass is 19.1. The number of amides is 1. The molecule has 144 valence electrons. The number of halogens is 1. The lowest BCUT2D eigenvalue weighted by atomic mass is 9.95. The van der Waals surface area contributed by atoms with Crippen LogP contribution < -0.4 is 5.32 Å². The molecule has 0 saturated carbocycles. The largest absolute Gasteiger partial charge is 0.325 e. The van der Waals surface area contributed by atoms with Gasteiger partial charge in [-0.05, 0) is 82.9 Å². The first-order chi connectivity index (χ1) is 12.6. The van der Waals surface area contributed by atoms with Crippen LogP contribution in [0.4, 0.5) is 10.1 Å². The van der Waals surface area contributed by atoms with Gasteiger partial charge in [0.2, 0.25) is 5.91 Å². The van der Waals surface area contributed by atoms with E-state index in [2.05, 4.69) is 15.1 Å². The van der Waals surface area contributed by atoms with Crippen LogP contribution in [0.25, 0.3) is 0 Å². The smallest absolute Gasteiger partial charge is 0.241 e. The Morgan fingerprint density at radius 1 is 1.15 bits per heavy atom. The Kier molecular flexibility index (Phi) is 7.03. The standard InChI is InChI=1S/C21H32FN3O/c1-17(21(26)23-20-8-6-7-19(22)15-20)25-13-9-18(10-14-25)16-24-11-4-2-3-5-12-24/h6-8,15,17-18H,2-5,9-14,16H2,1H3,(H,23,26). The normalized spacial score (nSPS) is 21.9. The zero-order valence-electron chi connectivity index (χ0n) is 15.9. The number of hydrogen-bond acceptors (Lipinski definition) is 3. The zero-order valence-corrected chi connectivity index (χ0v) is 15.9. The number of benzene rings is 1. The Hall–Kier alpha value is -1.46. The molecule has 0 aliphatic carbocycles. The summed E-state index contributed by atoms with van der Waals surface area (Å²) < 4.78 is 13.3. The van der Waals surface area contributed by atoms with Crippen molar-refractivity contribution in [2.45, 2.75) is 51.5 Å². The number of carbonyl (C=O) groups excluding carboxylic acids is 1. The molecule has 1 atom stereocenters. The average Bonchev–Trinajstić information content (AvgIpc) is 2.90. The molecule has 1 aromatic rings. The van der Waals surface area contributed by atoms with E-state index in [-0.39, 0.29) is 17.8 Å². The number of piperidine rings is 1. The molecule has 2 aliphatic heterocycles. The van der Waals surface area contributed by atoms with E-state index < -0.39 is 0 Å². The van der Waals surface area contributed by atoms with Crippen molar-refractivity contribution in [3.63, 3.8) is 0 Å². The van der Waals surface area contributed by atoms with Crippen molar-refractivity contribution in [2.75, 3.05) is 38.0 Å². The van der Waals surface area contributed by atoms with Crippen LogP contribution in [0, 0.1) is 11.7 Å². The molecule has 4 nitrogen and oxygen atoms in total. The molecule has 1 aromatic carbocycles. The molecule has 0 radical (unpaired) electrons. The van der Waals surface area contributed by atoms with Crippen molar-refractivity contribution in [2.24, 2.45) is 5.92 Å².